The zero-order valence-electron chi connectivity index (χ0n) is 8.67. The van der Waals surface area contributed by atoms with Crippen LogP contribution in [0.2, 0.25) is 0 Å². The van der Waals surface area contributed by atoms with Gasteiger partial charge in [0.25, 0.3) is 0 Å². The molecule has 2 heterocycles. The summed E-state index contributed by atoms with van der Waals surface area (Å²) in [6.45, 7) is 1.99. The average Bonchev–Trinajstić information content (AvgIpc) is 2.67. The van der Waals surface area contributed by atoms with Gasteiger partial charge >= 0.3 is 0 Å². The van der Waals surface area contributed by atoms with E-state index in [2.05, 4.69) is 10.3 Å². The van der Waals surface area contributed by atoms with E-state index in [9.17, 15) is 9.59 Å². The van der Waals surface area contributed by atoms with Crippen molar-refractivity contribution >= 4 is 11.8 Å². The number of carbonyl (C=O) groups is 2. The Hall–Kier alpha value is -1.72. The summed E-state index contributed by atoms with van der Waals surface area (Å²) in [7, 11) is 1.74. The van der Waals surface area contributed by atoms with E-state index >= 15 is 0 Å². The van der Waals surface area contributed by atoms with Gasteiger partial charge in [0.05, 0.1) is 6.54 Å². The molecule has 1 aromatic heterocycles. The van der Waals surface area contributed by atoms with Gasteiger partial charge in [0.1, 0.15) is 5.69 Å². The van der Waals surface area contributed by atoms with Crippen molar-refractivity contribution in [2.24, 2.45) is 13.0 Å². The van der Waals surface area contributed by atoms with Gasteiger partial charge in [-0.3, -0.25) is 19.2 Å². The van der Waals surface area contributed by atoms with Gasteiger partial charge in [-0.2, -0.15) is 0 Å². The van der Waals surface area contributed by atoms with Crippen LogP contribution in [0.5, 0.6) is 0 Å². The van der Waals surface area contributed by atoms with Crippen molar-refractivity contribution in [3.05, 3.63) is 11.9 Å². The van der Waals surface area contributed by atoms with Crippen molar-refractivity contribution in [2.75, 3.05) is 0 Å². The zero-order valence-corrected chi connectivity index (χ0v) is 8.67. The molecule has 1 unspecified atom stereocenters. The molecule has 15 heavy (non-hydrogen) atoms. The van der Waals surface area contributed by atoms with Crippen LogP contribution in [0.15, 0.2) is 6.20 Å². The van der Waals surface area contributed by atoms with Gasteiger partial charge < -0.3 is 0 Å². The summed E-state index contributed by atoms with van der Waals surface area (Å²) in [5.74, 6) is -0.446. The van der Waals surface area contributed by atoms with Crippen molar-refractivity contribution in [3.63, 3.8) is 0 Å². The lowest BCUT2D eigenvalue weighted by Gasteiger charge is -2.11. The number of aromatic nitrogens is 3. The summed E-state index contributed by atoms with van der Waals surface area (Å²) >= 11 is 0. The molecular formula is C9H12N4O2. The van der Waals surface area contributed by atoms with Crippen molar-refractivity contribution in [3.8, 4) is 0 Å². The van der Waals surface area contributed by atoms with E-state index in [-0.39, 0.29) is 24.3 Å². The van der Waals surface area contributed by atoms with E-state index in [1.54, 1.807) is 24.9 Å². The Morgan fingerprint density at radius 1 is 1.53 bits per heavy atom. The topological polar surface area (TPSA) is 68.1 Å². The Bertz CT molecular complexity index is 412. The summed E-state index contributed by atoms with van der Waals surface area (Å²) in [5.41, 5.74) is 0.633. The average molecular weight is 208 g/mol. The zero-order chi connectivity index (χ0) is 11.0. The van der Waals surface area contributed by atoms with Crippen LogP contribution in [-0.2, 0) is 23.2 Å². The molecule has 0 N–H and O–H groups in total. The van der Waals surface area contributed by atoms with Gasteiger partial charge in [0, 0.05) is 25.6 Å². The van der Waals surface area contributed by atoms with Crippen LogP contribution < -0.4 is 0 Å². The Balaban J connectivity index is 2.12. The lowest BCUT2D eigenvalue weighted by Crippen LogP contribution is -2.29. The molecule has 1 saturated heterocycles. The fraction of sp³-hybridized carbons (Fsp3) is 0.556. The molecule has 2 rings (SSSR count). The number of carbonyl (C=O) groups excluding carboxylic acids is 2. The minimum Gasteiger partial charge on any atom is -0.276 e. The van der Waals surface area contributed by atoms with Crippen LogP contribution >= 0.6 is 0 Å². The van der Waals surface area contributed by atoms with Crippen molar-refractivity contribution < 1.29 is 9.59 Å². The van der Waals surface area contributed by atoms with E-state index in [4.69, 9.17) is 0 Å². The molecule has 6 nitrogen and oxygen atoms in total. The molecule has 1 aliphatic heterocycles. The van der Waals surface area contributed by atoms with Crippen LogP contribution in [0.25, 0.3) is 0 Å². The molecule has 80 valence electrons. The molecule has 1 fully saturated rings. The Kier molecular flexibility index (Phi) is 2.26. The predicted molar refractivity (Wildman–Crippen MR) is 50.3 cm³/mol. The monoisotopic (exact) mass is 208 g/mol. The second kappa shape index (κ2) is 3.45. The highest BCUT2D eigenvalue weighted by Crippen LogP contribution is 2.20. The Morgan fingerprint density at radius 3 is 2.73 bits per heavy atom. The highest BCUT2D eigenvalue weighted by molar-refractivity contribution is 6.03. The molecule has 1 atom stereocenters. The van der Waals surface area contributed by atoms with Crippen LogP contribution in [0, 0.1) is 5.92 Å². The van der Waals surface area contributed by atoms with Gasteiger partial charge in [-0.15, -0.1) is 5.10 Å². The molecular weight excluding hydrogens is 196 g/mol. The molecule has 0 bridgehead atoms. The Labute approximate surface area is 86.9 Å². The van der Waals surface area contributed by atoms with Crippen LogP contribution in [-0.4, -0.2) is 31.7 Å². The van der Waals surface area contributed by atoms with Gasteiger partial charge in [-0.1, -0.05) is 12.1 Å². The second-order valence-corrected chi connectivity index (χ2v) is 3.81. The lowest BCUT2D eigenvalue weighted by atomic mass is 10.1. The van der Waals surface area contributed by atoms with E-state index in [0.717, 1.165) is 0 Å². The van der Waals surface area contributed by atoms with Crippen molar-refractivity contribution in [2.45, 2.75) is 19.9 Å². The predicted octanol–water partition coefficient (Wildman–Crippen LogP) is -0.290. The third-order valence-electron chi connectivity index (χ3n) is 2.44. The molecule has 0 aliphatic carbocycles. The fourth-order valence-electron chi connectivity index (χ4n) is 1.64. The van der Waals surface area contributed by atoms with E-state index in [0.29, 0.717) is 12.1 Å². The smallest absolute Gasteiger partial charge is 0.232 e. The molecule has 6 heteroatoms. The standard InChI is InChI=1S/C9H12N4O2/c1-6-3-8(14)13(9(6)15)5-7-4-12(2)11-10-7/h4,6H,3,5H2,1-2H3. The number of likely N-dealkylation sites (tertiary alicyclic amines) is 1. The normalized spacial score (nSPS) is 21.5. The van der Waals surface area contributed by atoms with E-state index in [1.165, 1.54) is 4.90 Å². The first-order valence-corrected chi connectivity index (χ1v) is 4.77. The lowest BCUT2D eigenvalue weighted by molar-refractivity contribution is -0.139. The van der Waals surface area contributed by atoms with Gasteiger partial charge in [0.15, 0.2) is 0 Å². The molecule has 2 amide bonds. The number of nitrogens with zero attached hydrogens (tertiary/aromatic N) is 4. The van der Waals surface area contributed by atoms with Gasteiger partial charge in [0.2, 0.25) is 11.8 Å². The summed E-state index contributed by atoms with van der Waals surface area (Å²) in [6, 6.07) is 0. The molecule has 0 aromatic carbocycles. The van der Waals surface area contributed by atoms with Crippen LogP contribution in [0.4, 0.5) is 0 Å². The van der Waals surface area contributed by atoms with E-state index in [1.807, 2.05) is 0 Å². The van der Waals surface area contributed by atoms with Gasteiger partial charge in [-0.05, 0) is 0 Å². The first-order chi connectivity index (χ1) is 7.08. The third-order valence-corrected chi connectivity index (χ3v) is 2.44. The Morgan fingerprint density at radius 2 is 2.27 bits per heavy atom. The maximum atomic E-state index is 11.6. The number of aryl methyl sites for hydroxylation is 1. The summed E-state index contributed by atoms with van der Waals surface area (Å²) < 4.78 is 1.55. The maximum absolute atomic E-state index is 11.6. The van der Waals surface area contributed by atoms with E-state index < -0.39 is 0 Å². The van der Waals surface area contributed by atoms with Crippen molar-refractivity contribution in [1.29, 1.82) is 0 Å². The number of amides is 2. The first kappa shape index (κ1) is 9.82. The molecule has 1 aliphatic rings. The largest absolute Gasteiger partial charge is 0.276 e. The fourth-order valence-corrected chi connectivity index (χ4v) is 1.64. The summed E-state index contributed by atoms with van der Waals surface area (Å²) in [6.07, 6.45) is 2.00. The number of hydrogen-bond acceptors (Lipinski definition) is 4. The first-order valence-electron chi connectivity index (χ1n) is 4.77. The highest BCUT2D eigenvalue weighted by Gasteiger charge is 2.35. The molecule has 0 saturated carbocycles. The van der Waals surface area contributed by atoms with Crippen LogP contribution in [0.3, 0.4) is 0 Å². The molecule has 0 spiro atoms. The molecule has 1 aromatic rings. The second-order valence-electron chi connectivity index (χ2n) is 3.81. The minimum atomic E-state index is -0.200. The minimum absolute atomic E-state index is 0.120. The highest BCUT2D eigenvalue weighted by atomic mass is 16.2. The molecule has 0 radical (unpaired) electrons. The summed E-state index contributed by atoms with van der Waals surface area (Å²) in [4.78, 5) is 24.3. The van der Waals surface area contributed by atoms with Gasteiger partial charge in [-0.25, -0.2) is 0 Å². The van der Waals surface area contributed by atoms with Crippen LogP contribution in [0.1, 0.15) is 19.0 Å². The quantitative estimate of drug-likeness (QED) is 0.626. The number of imide groups is 1. The number of rotatable bonds is 2. The summed E-state index contributed by atoms with van der Waals surface area (Å²) in [5, 5.41) is 7.59. The SMILES string of the molecule is CC1CC(=O)N(Cc2cn(C)nn2)C1=O. The number of hydrogen-bond donors (Lipinski definition) is 0. The third kappa shape index (κ3) is 1.74. The maximum Gasteiger partial charge on any atom is 0.232 e. The van der Waals surface area contributed by atoms with Crippen molar-refractivity contribution in [1.82, 2.24) is 19.9 Å².